The van der Waals surface area contributed by atoms with E-state index in [-0.39, 0.29) is 36.6 Å². The highest BCUT2D eigenvalue weighted by Crippen LogP contribution is 2.30. The minimum absolute atomic E-state index is 0.000532. The fourth-order valence-corrected chi connectivity index (χ4v) is 4.19. The minimum atomic E-state index is -0.902. The lowest BCUT2D eigenvalue weighted by Gasteiger charge is -2.25. The average Bonchev–Trinajstić information content (AvgIpc) is 2.89. The van der Waals surface area contributed by atoms with Gasteiger partial charge in [-0.1, -0.05) is 24.3 Å². The van der Waals surface area contributed by atoms with Crippen molar-refractivity contribution in [2.75, 3.05) is 20.3 Å². The van der Waals surface area contributed by atoms with Crippen LogP contribution in [0.2, 0.25) is 0 Å². The number of hydrogen-bond donors (Lipinski definition) is 1. The first-order chi connectivity index (χ1) is 18.3. The third-order valence-electron chi connectivity index (χ3n) is 6.00. The third-order valence-corrected chi connectivity index (χ3v) is 6.00. The summed E-state index contributed by atoms with van der Waals surface area (Å²) in [5.74, 6) is -2.48. The van der Waals surface area contributed by atoms with Crippen molar-refractivity contribution in [2.24, 2.45) is 0 Å². The second-order valence-corrected chi connectivity index (χ2v) is 8.56. The number of halogens is 3. The van der Waals surface area contributed by atoms with Crippen LogP contribution in [0.25, 0.3) is 11.1 Å². The number of methoxy groups -OCH3 is 1. The van der Waals surface area contributed by atoms with Crippen molar-refractivity contribution >= 4 is 0 Å². The van der Waals surface area contributed by atoms with Crippen LogP contribution in [0.3, 0.4) is 0 Å². The van der Waals surface area contributed by atoms with E-state index in [0.717, 1.165) is 29.3 Å². The van der Waals surface area contributed by atoms with Gasteiger partial charge in [0.1, 0.15) is 24.1 Å². The molecule has 10 heteroatoms. The molecule has 0 saturated heterocycles. The van der Waals surface area contributed by atoms with Crippen LogP contribution in [0.4, 0.5) is 13.2 Å². The number of rotatable bonds is 10. The molecule has 0 aliphatic heterocycles. The van der Waals surface area contributed by atoms with E-state index in [1.807, 2.05) is 0 Å². The molecule has 0 fully saturated rings. The molecule has 2 aromatic carbocycles. The van der Waals surface area contributed by atoms with Gasteiger partial charge in [0.05, 0.1) is 18.2 Å². The number of ether oxygens (including phenoxy) is 2. The standard InChI is InChI=1S/C28H26F3N3O4/c1-3-38-16-26-33-27(35)23(10-17-4-6-18(7-5-17)19-8-9-25(31)32-14-19)28(36)34(26)24(15-37-2)20-11-21(29)13-22(30)12-20/h4-9,11-14,24,36H,3,10,15-16H2,1-2H3/t24-/m0/s1. The van der Waals surface area contributed by atoms with Crippen molar-refractivity contribution in [2.45, 2.75) is 26.0 Å². The summed E-state index contributed by atoms with van der Waals surface area (Å²) < 4.78 is 53.4. The van der Waals surface area contributed by atoms with Crippen molar-refractivity contribution in [3.63, 3.8) is 0 Å². The van der Waals surface area contributed by atoms with Crippen molar-refractivity contribution in [1.82, 2.24) is 14.5 Å². The van der Waals surface area contributed by atoms with Crippen molar-refractivity contribution in [1.29, 1.82) is 0 Å². The second kappa shape index (κ2) is 12.0. The topological polar surface area (TPSA) is 86.5 Å². The highest BCUT2D eigenvalue weighted by molar-refractivity contribution is 5.62. The minimum Gasteiger partial charge on any atom is -0.494 e. The maximum atomic E-state index is 14.1. The summed E-state index contributed by atoms with van der Waals surface area (Å²) >= 11 is 0. The maximum Gasteiger partial charge on any atom is 0.280 e. The van der Waals surface area contributed by atoms with Gasteiger partial charge < -0.3 is 14.6 Å². The smallest absolute Gasteiger partial charge is 0.280 e. The predicted molar refractivity (Wildman–Crippen MR) is 134 cm³/mol. The molecule has 198 valence electrons. The first-order valence-electron chi connectivity index (χ1n) is 11.9. The Morgan fingerprint density at radius 2 is 1.68 bits per heavy atom. The average molecular weight is 526 g/mol. The van der Waals surface area contributed by atoms with Crippen LogP contribution in [0, 0.1) is 17.6 Å². The van der Waals surface area contributed by atoms with E-state index < -0.39 is 35.1 Å². The molecule has 4 rings (SSSR count). The Hall–Kier alpha value is -4.02. The Balaban J connectivity index is 1.76. The second-order valence-electron chi connectivity index (χ2n) is 8.56. The van der Waals surface area contributed by atoms with E-state index in [9.17, 15) is 23.1 Å². The SMILES string of the molecule is CCOCc1nc(=O)c(Cc2ccc(-c3ccc(F)nc3)cc2)c(O)n1[C@@H](COC)c1cc(F)cc(F)c1. The van der Waals surface area contributed by atoms with E-state index in [0.29, 0.717) is 12.2 Å². The quantitative estimate of drug-likeness (QED) is 0.300. The van der Waals surface area contributed by atoms with E-state index in [1.54, 1.807) is 37.3 Å². The Kier molecular flexibility index (Phi) is 8.55. The van der Waals surface area contributed by atoms with Crippen molar-refractivity contribution in [3.8, 4) is 17.0 Å². The van der Waals surface area contributed by atoms with E-state index >= 15 is 0 Å². The molecule has 0 aliphatic rings. The molecule has 0 radical (unpaired) electrons. The number of aromatic nitrogens is 3. The molecule has 4 aromatic rings. The molecule has 0 amide bonds. The highest BCUT2D eigenvalue weighted by Gasteiger charge is 2.25. The van der Waals surface area contributed by atoms with E-state index in [4.69, 9.17) is 9.47 Å². The molecule has 0 saturated carbocycles. The van der Waals surface area contributed by atoms with Crippen molar-refractivity contribution in [3.05, 3.63) is 111 Å². The zero-order valence-corrected chi connectivity index (χ0v) is 20.8. The highest BCUT2D eigenvalue weighted by atomic mass is 19.1. The Bertz CT molecular complexity index is 1440. The molecule has 0 aliphatic carbocycles. The first-order valence-corrected chi connectivity index (χ1v) is 11.9. The van der Waals surface area contributed by atoms with Gasteiger partial charge in [-0.25, -0.2) is 13.8 Å². The molecule has 0 spiro atoms. The summed E-state index contributed by atoms with van der Waals surface area (Å²) in [4.78, 5) is 20.8. The molecule has 0 unspecified atom stereocenters. The molecule has 2 heterocycles. The van der Waals surface area contributed by atoms with Crippen LogP contribution >= 0.6 is 0 Å². The van der Waals surface area contributed by atoms with Gasteiger partial charge >= 0.3 is 0 Å². The summed E-state index contributed by atoms with van der Waals surface area (Å²) in [6.45, 7) is 1.90. The Morgan fingerprint density at radius 3 is 2.29 bits per heavy atom. The molecule has 7 nitrogen and oxygen atoms in total. The van der Waals surface area contributed by atoms with E-state index in [2.05, 4.69) is 9.97 Å². The lowest BCUT2D eigenvalue weighted by Crippen LogP contribution is -2.28. The number of hydrogen-bond acceptors (Lipinski definition) is 6. The molecular weight excluding hydrogens is 499 g/mol. The van der Waals surface area contributed by atoms with Crippen LogP contribution in [0.1, 0.15) is 35.5 Å². The molecule has 0 bridgehead atoms. The van der Waals surface area contributed by atoms with Crippen LogP contribution in [0.15, 0.2) is 65.6 Å². The molecule has 1 N–H and O–H groups in total. The van der Waals surface area contributed by atoms with Crippen LogP contribution in [-0.4, -0.2) is 40.0 Å². The summed E-state index contributed by atoms with van der Waals surface area (Å²) in [7, 11) is 1.41. The largest absolute Gasteiger partial charge is 0.494 e. The Labute approximate surface area is 217 Å². The molecule has 38 heavy (non-hydrogen) atoms. The summed E-state index contributed by atoms with van der Waals surface area (Å²) in [5.41, 5.74) is 1.74. The van der Waals surface area contributed by atoms with Gasteiger partial charge in [0, 0.05) is 38.0 Å². The monoisotopic (exact) mass is 525 g/mol. The van der Waals surface area contributed by atoms with Gasteiger partial charge in [-0.2, -0.15) is 9.37 Å². The fourth-order valence-electron chi connectivity index (χ4n) is 4.19. The van der Waals surface area contributed by atoms with Crippen molar-refractivity contribution < 1.29 is 27.8 Å². The van der Waals surface area contributed by atoms with Gasteiger partial charge in [0.2, 0.25) is 11.8 Å². The van der Waals surface area contributed by atoms with Gasteiger partial charge in [0.15, 0.2) is 0 Å². The zero-order valence-electron chi connectivity index (χ0n) is 20.8. The molecular formula is C28H26F3N3O4. The van der Waals surface area contributed by atoms with Crippen LogP contribution in [-0.2, 0) is 22.5 Å². The normalized spacial score (nSPS) is 12.0. The summed E-state index contributed by atoms with van der Waals surface area (Å²) in [6, 6.07) is 12.1. The van der Waals surface area contributed by atoms with Gasteiger partial charge in [0.25, 0.3) is 5.56 Å². The van der Waals surface area contributed by atoms with Crippen LogP contribution < -0.4 is 5.56 Å². The molecule has 2 aromatic heterocycles. The van der Waals surface area contributed by atoms with Crippen LogP contribution in [0.5, 0.6) is 5.88 Å². The fraction of sp³-hybridized carbons (Fsp3) is 0.250. The Morgan fingerprint density at radius 1 is 1.00 bits per heavy atom. The lowest BCUT2D eigenvalue weighted by molar-refractivity contribution is 0.115. The predicted octanol–water partition coefficient (Wildman–Crippen LogP) is 4.79. The zero-order chi connectivity index (χ0) is 27.2. The third kappa shape index (κ3) is 6.09. The van der Waals surface area contributed by atoms with Gasteiger partial charge in [-0.3, -0.25) is 9.36 Å². The number of nitrogens with zero attached hydrogens (tertiary/aromatic N) is 3. The number of aromatic hydroxyl groups is 1. The van der Waals surface area contributed by atoms with Gasteiger partial charge in [-0.05, 0) is 47.9 Å². The number of benzene rings is 2. The lowest BCUT2D eigenvalue weighted by atomic mass is 10.0. The molecule has 1 atom stereocenters. The van der Waals surface area contributed by atoms with E-state index in [1.165, 1.54) is 23.9 Å². The summed E-state index contributed by atoms with van der Waals surface area (Å²) in [6.07, 6.45) is 1.45. The van der Waals surface area contributed by atoms with Gasteiger partial charge in [-0.15, -0.1) is 0 Å². The first kappa shape index (κ1) is 27.0. The summed E-state index contributed by atoms with van der Waals surface area (Å²) in [5, 5.41) is 11.3. The maximum absolute atomic E-state index is 14.1. The number of pyridine rings is 1.